The van der Waals surface area contributed by atoms with Gasteiger partial charge in [-0.1, -0.05) is 0 Å². The molecule has 2 aromatic heterocycles. The molecule has 0 amide bonds. The lowest BCUT2D eigenvalue weighted by Gasteiger charge is -2.39. The lowest BCUT2D eigenvalue weighted by Crippen LogP contribution is -2.54. The van der Waals surface area contributed by atoms with Crippen molar-refractivity contribution < 1.29 is 9.13 Å². The highest BCUT2D eigenvalue weighted by Gasteiger charge is 2.44. The summed E-state index contributed by atoms with van der Waals surface area (Å²) in [6, 6.07) is 4.49. The van der Waals surface area contributed by atoms with Gasteiger partial charge in [-0.3, -0.25) is 0 Å². The highest BCUT2D eigenvalue weighted by Crippen LogP contribution is 2.46. The van der Waals surface area contributed by atoms with Gasteiger partial charge in [-0.05, 0) is 48.9 Å². The molecule has 3 aliphatic rings. The average Bonchev–Trinajstić information content (AvgIpc) is 3.52. The van der Waals surface area contributed by atoms with E-state index in [-0.39, 0.29) is 5.82 Å². The van der Waals surface area contributed by atoms with E-state index >= 15 is 0 Å². The van der Waals surface area contributed by atoms with Crippen molar-refractivity contribution >= 4 is 5.82 Å². The van der Waals surface area contributed by atoms with Crippen LogP contribution in [0.15, 0.2) is 36.9 Å². The first-order valence-corrected chi connectivity index (χ1v) is 10.6. The Bertz CT molecular complexity index is 1130. The van der Waals surface area contributed by atoms with Gasteiger partial charge in [0, 0.05) is 42.7 Å². The lowest BCUT2D eigenvalue weighted by atomic mass is 9.81. The molecule has 0 bridgehead atoms. The van der Waals surface area contributed by atoms with E-state index in [0.29, 0.717) is 34.3 Å². The first kappa shape index (κ1) is 18.6. The van der Waals surface area contributed by atoms with E-state index in [2.05, 4.69) is 35.6 Å². The Labute approximate surface area is 178 Å². The maximum absolute atomic E-state index is 14.2. The second-order valence-corrected chi connectivity index (χ2v) is 8.74. The van der Waals surface area contributed by atoms with Gasteiger partial charge in [-0.15, -0.1) is 10.2 Å². The smallest absolute Gasteiger partial charge is 0.282 e. The fourth-order valence-electron chi connectivity index (χ4n) is 4.61. The summed E-state index contributed by atoms with van der Waals surface area (Å²) in [5.41, 5.74) is 2.85. The molecular formula is C22H22FN7O. The van der Waals surface area contributed by atoms with Crippen molar-refractivity contribution in [2.45, 2.75) is 25.2 Å². The monoisotopic (exact) mass is 419 g/mol. The Morgan fingerprint density at radius 1 is 1.10 bits per heavy atom. The summed E-state index contributed by atoms with van der Waals surface area (Å²) < 4.78 is 20.5. The molecule has 3 aromatic rings. The number of nitrogens with one attached hydrogen (secondary N) is 1. The van der Waals surface area contributed by atoms with Gasteiger partial charge in [0.15, 0.2) is 5.82 Å². The van der Waals surface area contributed by atoms with Gasteiger partial charge in [-0.25, -0.2) is 9.37 Å². The average molecular weight is 419 g/mol. The van der Waals surface area contributed by atoms with E-state index in [1.807, 2.05) is 0 Å². The van der Waals surface area contributed by atoms with Crippen LogP contribution >= 0.6 is 0 Å². The summed E-state index contributed by atoms with van der Waals surface area (Å²) in [5.74, 6) is 1.60. The van der Waals surface area contributed by atoms with Crippen LogP contribution in [0.4, 0.5) is 10.2 Å². The molecule has 1 saturated carbocycles. The number of halogens is 1. The first-order valence-electron chi connectivity index (χ1n) is 10.6. The second-order valence-electron chi connectivity index (χ2n) is 8.74. The van der Waals surface area contributed by atoms with Crippen molar-refractivity contribution in [2.75, 3.05) is 31.1 Å². The highest BCUT2D eigenvalue weighted by molar-refractivity contribution is 5.74. The molecule has 2 saturated heterocycles. The van der Waals surface area contributed by atoms with Crippen LogP contribution in [0.1, 0.15) is 30.7 Å². The van der Waals surface area contributed by atoms with Gasteiger partial charge in [0.2, 0.25) is 0 Å². The minimum Gasteiger partial charge on any atom is -0.434 e. The molecule has 1 spiro atoms. The van der Waals surface area contributed by atoms with E-state index in [0.717, 1.165) is 56.6 Å². The van der Waals surface area contributed by atoms with Crippen LogP contribution in [0.2, 0.25) is 0 Å². The Kier molecular flexibility index (Phi) is 4.31. The fourth-order valence-corrected chi connectivity index (χ4v) is 4.61. The third-order valence-electron chi connectivity index (χ3n) is 6.53. The van der Waals surface area contributed by atoms with E-state index < -0.39 is 0 Å². The van der Waals surface area contributed by atoms with Crippen LogP contribution in [0.5, 0.6) is 11.6 Å². The normalized spacial score (nSPS) is 19.5. The molecule has 8 nitrogen and oxygen atoms in total. The summed E-state index contributed by atoms with van der Waals surface area (Å²) in [6.45, 7) is 3.86. The predicted molar refractivity (Wildman–Crippen MR) is 111 cm³/mol. The number of benzene rings is 1. The van der Waals surface area contributed by atoms with Gasteiger partial charge >= 0.3 is 0 Å². The number of ether oxygens (including phenoxy) is 1. The molecule has 0 radical (unpaired) electrons. The fraction of sp³-hybridized carbons (Fsp3) is 0.409. The topological polar surface area (TPSA) is 89.0 Å². The molecule has 2 aliphatic heterocycles. The Morgan fingerprint density at radius 2 is 1.97 bits per heavy atom. The molecule has 1 N–H and O–H groups in total. The Balaban J connectivity index is 1.36. The van der Waals surface area contributed by atoms with E-state index in [9.17, 15) is 4.39 Å². The molecule has 6 rings (SSSR count). The number of aromatic nitrogens is 5. The number of anilines is 1. The zero-order valence-electron chi connectivity index (χ0n) is 17.0. The van der Waals surface area contributed by atoms with Crippen molar-refractivity contribution in [1.82, 2.24) is 30.7 Å². The predicted octanol–water partition coefficient (Wildman–Crippen LogP) is 2.94. The maximum atomic E-state index is 14.2. The molecule has 4 heterocycles. The van der Waals surface area contributed by atoms with Gasteiger partial charge in [0.05, 0.1) is 12.4 Å². The standard InChI is InChI=1S/C22H22FN7O/c23-15-3-4-19(16(7-15)18-9-27-26-8-17(18)14-1-2-14)31-21-20(25-13-28-29-21)30-6-5-22(12-30)10-24-11-22/h3-4,7-9,13-14,24H,1-2,5-6,10-12H2. The summed E-state index contributed by atoms with van der Waals surface area (Å²) >= 11 is 0. The van der Waals surface area contributed by atoms with Crippen LogP contribution in [-0.4, -0.2) is 51.6 Å². The minimum absolute atomic E-state index is 0.311. The van der Waals surface area contributed by atoms with Crippen LogP contribution in [0.25, 0.3) is 11.1 Å². The Hall–Kier alpha value is -3.20. The van der Waals surface area contributed by atoms with E-state index in [1.165, 1.54) is 18.5 Å². The molecule has 158 valence electrons. The SMILES string of the molecule is Fc1ccc(Oc2nncnc2N2CCC3(CNC3)C2)c(-c2cnncc2C2CC2)c1. The van der Waals surface area contributed by atoms with E-state index in [1.54, 1.807) is 18.5 Å². The van der Waals surface area contributed by atoms with Crippen molar-refractivity contribution in [2.24, 2.45) is 5.41 Å². The van der Waals surface area contributed by atoms with Crippen molar-refractivity contribution in [3.63, 3.8) is 0 Å². The first-order chi connectivity index (χ1) is 15.2. The number of rotatable bonds is 5. The molecular weight excluding hydrogens is 397 g/mol. The molecule has 0 atom stereocenters. The number of nitrogens with zero attached hydrogens (tertiary/aromatic N) is 6. The largest absolute Gasteiger partial charge is 0.434 e. The molecule has 1 aliphatic carbocycles. The minimum atomic E-state index is -0.336. The molecule has 9 heteroatoms. The van der Waals surface area contributed by atoms with E-state index in [4.69, 9.17) is 4.74 Å². The molecule has 31 heavy (non-hydrogen) atoms. The summed E-state index contributed by atoms with van der Waals surface area (Å²) in [7, 11) is 0. The van der Waals surface area contributed by atoms with Crippen LogP contribution < -0.4 is 15.0 Å². The second kappa shape index (κ2) is 7.19. The maximum Gasteiger partial charge on any atom is 0.282 e. The van der Waals surface area contributed by atoms with Crippen LogP contribution in [0.3, 0.4) is 0 Å². The van der Waals surface area contributed by atoms with Crippen LogP contribution in [-0.2, 0) is 0 Å². The number of hydrogen-bond donors (Lipinski definition) is 1. The molecule has 1 aromatic carbocycles. The quantitative estimate of drug-likeness (QED) is 0.675. The van der Waals surface area contributed by atoms with Gasteiger partial charge in [0.1, 0.15) is 17.9 Å². The van der Waals surface area contributed by atoms with Gasteiger partial charge in [0.25, 0.3) is 5.88 Å². The zero-order valence-corrected chi connectivity index (χ0v) is 17.0. The van der Waals surface area contributed by atoms with Crippen LogP contribution in [0, 0.1) is 11.2 Å². The Morgan fingerprint density at radius 3 is 2.74 bits per heavy atom. The van der Waals surface area contributed by atoms with Crippen molar-refractivity contribution in [1.29, 1.82) is 0 Å². The third-order valence-corrected chi connectivity index (χ3v) is 6.53. The lowest BCUT2D eigenvalue weighted by molar-refractivity contribution is 0.199. The zero-order chi connectivity index (χ0) is 20.8. The molecule has 0 unspecified atom stereocenters. The molecule has 3 fully saturated rings. The summed E-state index contributed by atoms with van der Waals surface area (Å²) in [6.07, 6.45) is 8.21. The number of hydrogen-bond acceptors (Lipinski definition) is 8. The highest BCUT2D eigenvalue weighted by atomic mass is 19.1. The van der Waals surface area contributed by atoms with Crippen molar-refractivity contribution in [3.8, 4) is 22.8 Å². The van der Waals surface area contributed by atoms with Gasteiger partial charge in [-0.2, -0.15) is 10.2 Å². The van der Waals surface area contributed by atoms with Crippen molar-refractivity contribution in [3.05, 3.63) is 48.3 Å². The summed E-state index contributed by atoms with van der Waals surface area (Å²) in [4.78, 5) is 6.67. The third kappa shape index (κ3) is 3.38. The summed E-state index contributed by atoms with van der Waals surface area (Å²) in [5, 5.41) is 19.6. The van der Waals surface area contributed by atoms with Gasteiger partial charge < -0.3 is 15.0 Å².